The van der Waals surface area contributed by atoms with Gasteiger partial charge in [0.1, 0.15) is 5.15 Å². The minimum absolute atomic E-state index is 0.392. The SMILES string of the molecule is Clc1cncc(-c2cccc3ncccc23)n1. The Labute approximate surface area is 103 Å². The summed E-state index contributed by atoms with van der Waals surface area (Å²) in [6.45, 7) is 0. The molecule has 3 aromatic rings. The van der Waals surface area contributed by atoms with Crippen molar-refractivity contribution in [2.45, 2.75) is 0 Å². The first-order chi connectivity index (χ1) is 8.34. The molecule has 4 heteroatoms. The first-order valence-corrected chi connectivity index (χ1v) is 5.54. The maximum atomic E-state index is 5.86. The second-order valence-corrected chi connectivity index (χ2v) is 3.99. The lowest BCUT2D eigenvalue weighted by Gasteiger charge is -2.04. The molecule has 0 atom stereocenters. The van der Waals surface area contributed by atoms with Crippen LogP contribution in [0.4, 0.5) is 0 Å². The van der Waals surface area contributed by atoms with Crippen molar-refractivity contribution < 1.29 is 0 Å². The molecule has 0 bridgehead atoms. The van der Waals surface area contributed by atoms with Gasteiger partial charge in [0.05, 0.1) is 23.6 Å². The van der Waals surface area contributed by atoms with Gasteiger partial charge in [0.2, 0.25) is 0 Å². The van der Waals surface area contributed by atoms with E-state index in [1.165, 1.54) is 6.20 Å². The van der Waals surface area contributed by atoms with Crippen LogP contribution in [0.3, 0.4) is 0 Å². The van der Waals surface area contributed by atoms with Crippen molar-refractivity contribution in [1.29, 1.82) is 0 Å². The van der Waals surface area contributed by atoms with Crippen molar-refractivity contribution in [3.8, 4) is 11.3 Å². The molecule has 0 fully saturated rings. The van der Waals surface area contributed by atoms with Gasteiger partial charge in [-0.15, -0.1) is 0 Å². The molecule has 2 aromatic heterocycles. The Morgan fingerprint density at radius 3 is 2.82 bits per heavy atom. The van der Waals surface area contributed by atoms with Gasteiger partial charge < -0.3 is 0 Å². The highest BCUT2D eigenvalue weighted by Gasteiger charge is 2.05. The molecule has 0 spiro atoms. The van der Waals surface area contributed by atoms with E-state index in [1.807, 2.05) is 30.3 Å². The van der Waals surface area contributed by atoms with E-state index in [0.29, 0.717) is 5.15 Å². The predicted molar refractivity (Wildman–Crippen MR) is 67.8 cm³/mol. The summed E-state index contributed by atoms with van der Waals surface area (Å²) in [5.74, 6) is 0. The van der Waals surface area contributed by atoms with E-state index in [0.717, 1.165) is 22.2 Å². The molecule has 0 unspecified atom stereocenters. The van der Waals surface area contributed by atoms with Gasteiger partial charge in [0.25, 0.3) is 0 Å². The van der Waals surface area contributed by atoms with E-state index in [4.69, 9.17) is 11.6 Å². The zero-order chi connectivity index (χ0) is 11.7. The molecule has 1 aromatic carbocycles. The molecule has 0 radical (unpaired) electrons. The third-order valence-electron chi connectivity index (χ3n) is 2.53. The van der Waals surface area contributed by atoms with E-state index in [1.54, 1.807) is 12.4 Å². The Morgan fingerprint density at radius 2 is 1.94 bits per heavy atom. The highest BCUT2D eigenvalue weighted by molar-refractivity contribution is 6.29. The smallest absolute Gasteiger partial charge is 0.148 e. The largest absolute Gasteiger partial charge is 0.259 e. The number of hydrogen-bond acceptors (Lipinski definition) is 3. The average Bonchev–Trinajstić information content (AvgIpc) is 2.38. The van der Waals surface area contributed by atoms with E-state index < -0.39 is 0 Å². The molecule has 17 heavy (non-hydrogen) atoms. The fourth-order valence-corrected chi connectivity index (χ4v) is 1.95. The summed E-state index contributed by atoms with van der Waals surface area (Å²) in [6.07, 6.45) is 5.00. The number of pyridine rings is 1. The molecule has 0 amide bonds. The van der Waals surface area contributed by atoms with Gasteiger partial charge in [-0.25, -0.2) is 4.98 Å². The quantitative estimate of drug-likeness (QED) is 0.656. The van der Waals surface area contributed by atoms with E-state index in [-0.39, 0.29) is 0 Å². The van der Waals surface area contributed by atoms with Gasteiger partial charge in [0.15, 0.2) is 0 Å². The molecule has 3 rings (SSSR count). The molecular formula is C13H8ClN3. The van der Waals surface area contributed by atoms with Crippen LogP contribution < -0.4 is 0 Å². The minimum atomic E-state index is 0.392. The summed E-state index contributed by atoms with van der Waals surface area (Å²) in [7, 11) is 0. The van der Waals surface area contributed by atoms with Gasteiger partial charge in [-0.2, -0.15) is 0 Å². The Hall–Kier alpha value is -2.00. The standard InChI is InChI=1S/C13H8ClN3/c14-13-8-15-7-12(17-13)10-3-1-5-11-9(10)4-2-6-16-11/h1-8H. The van der Waals surface area contributed by atoms with Gasteiger partial charge >= 0.3 is 0 Å². The number of hydrogen-bond donors (Lipinski definition) is 0. The Bertz CT molecular complexity index is 677. The van der Waals surface area contributed by atoms with Crippen molar-refractivity contribution in [1.82, 2.24) is 15.0 Å². The summed E-state index contributed by atoms with van der Waals surface area (Å²) < 4.78 is 0. The molecule has 0 aliphatic rings. The number of benzene rings is 1. The number of nitrogens with zero attached hydrogens (tertiary/aromatic N) is 3. The second kappa shape index (κ2) is 4.11. The lowest BCUT2D eigenvalue weighted by Crippen LogP contribution is -1.88. The van der Waals surface area contributed by atoms with Crippen LogP contribution in [0.2, 0.25) is 5.15 Å². The molecule has 0 saturated heterocycles. The number of fused-ring (bicyclic) bond motifs is 1. The van der Waals surface area contributed by atoms with Crippen molar-refractivity contribution >= 4 is 22.5 Å². The topological polar surface area (TPSA) is 38.7 Å². The third kappa shape index (κ3) is 1.85. The molecule has 0 N–H and O–H groups in total. The molecule has 0 saturated carbocycles. The summed E-state index contributed by atoms with van der Waals surface area (Å²) in [5, 5.41) is 1.44. The number of rotatable bonds is 1. The van der Waals surface area contributed by atoms with Crippen LogP contribution in [0, 0.1) is 0 Å². The normalized spacial score (nSPS) is 10.6. The van der Waals surface area contributed by atoms with Crippen molar-refractivity contribution in [3.63, 3.8) is 0 Å². The van der Waals surface area contributed by atoms with Crippen molar-refractivity contribution in [3.05, 3.63) is 54.1 Å². The van der Waals surface area contributed by atoms with E-state index >= 15 is 0 Å². The summed E-state index contributed by atoms with van der Waals surface area (Å²) in [6, 6.07) is 9.83. The lowest BCUT2D eigenvalue weighted by atomic mass is 10.1. The maximum absolute atomic E-state index is 5.86. The van der Waals surface area contributed by atoms with Crippen LogP contribution in [-0.4, -0.2) is 15.0 Å². The van der Waals surface area contributed by atoms with Gasteiger partial charge in [-0.1, -0.05) is 29.8 Å². The summed E-state index contributed by atoms with van der Waals surface area (Å²) in [4.78, 5) is 12.6. The summed E-state index contributed by atoms with van der Waals surface area (Å²) in [5.41, 5.74) is 2.69. The van der Waals surface area contributed by atoms with Crippen LogP contribution in [0.1, 0.15) is 0 Å². The highest BCUT2D eigenvalue weighted by Crippen LogP contribution is 2.26. The minimum Gasteiger partial charge on any atom is -0.259 e. The molecule has 3 nitrogen and oxygen atoms in total. The van der Waals surface area contributed by atoms with Crippen LogP contribution in [0.25, 0.3) is 22.2 Å². The zero-order valence-corrected chi connectivity index (χ0v) is 9.59. The van der Waals surface area contributed by atoms with Crippen LogP contribution >= 0.6 is 11.6 Å². The molecule has 0 aliphatic carbocycles. The Morgan fingerprint density at radius 1 is 1.00 bits per heavy atom. The maximum Gasteiger partial charge on any atom is 0.148 e. The van der Waals surface area contributed by atoms with Crippen LogP contribution in [0.15, 0.2) is 48.9 Å². The first kappa shape index (κ1) is 10.2. The summed E-state index contributed by atoms with van der Waals surface area (Å²) >= 11 is 5.86. The number of halogens is 1. The second-order valence-electron chi connectivity index (χ2n) is 3.60. The molecule has 2 heterocycles. The predicted octanol–water partition coefficient (Wildman–Crippen LogP) is 3.35. The Balaban J connectivity index is 2.30. The Kier molecular flexibility index (Phi) is 2.46. The number of aromatic nitrogens is 3. The zero-order valence-electron chi connectivity index (χ0n) is 8.84. The fourth-order valence-electron chi connectivity index (χ4n) is 1.80. The van der Waals surface area contributed by atoms with Gasteiger partial charge in [-0.05, 0) is 12.1 Å². The fraction of sp³-hybridized carbons (Fsp3) is 0. The monoisotopic (exact) mass is 241 g/mol. The van der Waals surface area contributed by atoms with Crippen LogP contribution in [0.5, 0.6) is 0 Å². The molecule has 0 aliphatic heterocycles. The first-order valence-electron chi connectivity index (χ1n) is 5.16. The van der Waals surface area contributed by atoms with Crippen LogP contribution in [-0.2, 0) is 0 Å². The molecule has 82 valence electrons. The third-order valence-corrected chi connectivity index (χ3v) is 2.71. The van der Waals surface area contributed by atoms with Crippen molar-refractivity contribution in [2.75, 3.05) is 0 Å². The van der Waals surface area contributed by atoms with Gasteiger partial charge in [-0.3, -0.25) is 9.97 Å². The lowest BCUT2D eigenvalue weighted by molar-refractivity contribution is 1.21. The van der Waals surface area contributed by atoms with E-state index in [2.05, 4.69) is 15.0 Å². The van der Waals surface area contributed by atoms with Crippen molar-refractivity contribution in [2.24, 2.45) is 0 Å². The van der Waals surface area contributed by atoms with E-state index in [9.17, 15) is 0 Å². The molecular weight excluding hydrogens is 234 g/mol. The van der Waals surface area contributed by atoms with Gasteiger partial charge in [0, 0.05) is 17.1 Å². The average molecular weight is 242 g/mol. The highest BCUT2D eigenvalue weighted by atomic mass is 35.5.